The number of aliphatic hydroxyl groups excluding tert-OH is 1. The summed E-state index contributed by atoms with van der Waals surface area (Å²) in [6.07, 6.45) is 0.521. The Morgan fingerprint density at radius 2 is 2.00 bits per heavy atom. The summed E-state index contributed by atoms with van der Waals surface area (Å²) >= 11 is 0. The molecule has 0 heterocycles. The lowest BCUT2D eigenvalue weighted by Gasteiger charge is -2.24. The van der Waals surface area contributed by atoms with E-state index in [9.17, 15) is 13.9 Å². The maximum atomic E-state index is 13.3. The molecule has 4 heteroatoms. The van der Waals surface area contributed by atoms with E-state index in [1.165, 1.54) is 6.92 Å². The van der Waals surface area contributed by atoms with Gasteiger partial charge in [-0.2, -0.15) is 0 Å². The average Bonchev–Trinajstić information content (AvgIpc) is 2.18. The first-order valence-corrected chi connectivity index (χ1v) is 4.76. The van der Waals surface area contributed by atoms with Gasteiger partial charge in [-0.1, -0.05) is 0 Å². The largest absolute Gasteiger partial charge is 0.396 e. The molecule has 0 saturated heterocycles. The molecule has 0 bridgehead atoms. The van der Waals surface area contributed by atoms with Crippen LogP contribution in [0.3, 0.4) is 0 Å². The molecular weight excluding hydrogens is 202 g/mol. The third-order valence-corrected chi connectivity index (χ3v) is 2.33. The average molecular weight is 216 g/mol. The molecule has 0 saturated carbocycles. The second-order valence-corrected chi connectivity index (χ2v) is 3.73. The standard InChI is InChI=1S/C11H14F2O2/c1-11(15,5-2-6-14)9-7-8(12)3-4-10(9)13/h3-4,7,14-15H,2,5-6H2,1H3. The Hall–Kier alpha value is -1.00. The second-order valence-electron chi connectivity index (χ2n) is 3.73. The maximum Gasteiger partial charge on any atom is 0.129 e. The molecule has 0 aliphatic rings. The normalized spacial score (nSPS) is 15.0. The third kappa shape index (κ3) is 2.97. The molecule has 15 heavy (non-hydrogen) atoms. The van der Waals surface area contributed by atoms with Crippen LogP contribution in [0.1, 0.15) is 25.3 Å². The second kappa shape index (κ2) is 4.68. The quantitative estimate of drug-likeness (QED) is 0.807. The van der Waals surface area contributed by atoms with Crippen LogP contribution in [0.15, 0.2) is 18.2 Å². The van der Waals surface area contributed by atoms with Gasteiger partial charge in [0.05, 0.1) is 5.60 Å². The van der Waals surface area contributed by atoms with Crippen molar-refractivity contribution in [3.8, 4) is 0 Å². The Labute approximate surface area is 87.2 Å². The minimum Gasteiger partial charge on any atom is -0.396 e. The van der Waals surface area contributed by atoms with Gasteiger partial charge in [-0.15, -0.1) is 0 Å². The lowest BCUT2D eigenvalue weighted by Crippen LogP contribution is -2.23. The van der Waals surface area contributed by atoms with E-state index in [0.29, 0.717) is 6.42 Å². The van der Waals surface area contributed by atoms with Gasteiger partial charge in [-0.3, -0.25) is 0 Å². The summed E-state index contributed by atoms with van der Waals surface area (Å²) in [5.41, 5.74) is -1.52. The van der Waals surface area contributed by atoms with E-state index in [2.05, 4.69) is 0 Å². The number of rotatable bonds is 4. The highest BCUT2D eigenvalue weighted by atomic mass is 19.1. The lowest BCUT2D eigenvalue weighted by molar-refractivity contribution is 0.0365. The Morgan fingerprint density at radius 1 is 1.33 bits per heavy atom. The fourth-order valence-corrected chi connectivity index (χ4v) is 1.47. The lowest BCUT2D eigenvalue weighted by atomic mass is 9.91. The van der Waals surface area contributed by atoms with Crippen molar-refractivity contribution in [3.63, 3.8) is 0 Å². The number of aliphatic hydroxyl groups is 2. The van der Waals surface area contributed by atoms with E-state index >= 15 is 0 Å². The molecule has 0 radical (unpaired) electrons. The first-order chi connectivity index (χ1) is 6.97. The van der Waals surface area contributed by atoms with Gasteiger partial charge in [0.1, 0.15) is 11.6 Å². The number of halogens is 2. The molecule has 0 aromatic heterocycles. The molecule has 2 nitrogen and oxygen atoms in total. The minimum absolute atomic E-state index is 0.0732. The first-order valence-electron chi connectivity index (χ1n) is 4.76. The van der Waals surface area contributed by atoms with E-state index < -0.39 is 17.2 Å². The summed E-state index contributed by atoms with van der Waals surface area (Å²) in [5.74, 6) is -1.23. The van der Waals surface area contributed by atoms with Gasteiger partial charge in [0.2, 0.25) is 0 Å². The molecule has 1 aromatic rings. The van der Waals surface area contributed by atoms with Crippen LogP contribution in [-0.4, -0.2) is 16.8 Å². The molecule has 84 valence electrons. The van der Waals surface area contributed by atoms with E-state index in [-0.39, 0.29) is 18.6 Å². The number of hydrogen-bond donors (Lipinski definition) is 2. The zero-order valence-electron chi connectivity index (χ0n) is 8.50. The molecular formula is C11H14F2O2. The van der Waals surface area contributed by atoms with E-state index in [1.54, 1.807) is 0 Å². The van der Waals surface area contributed by atoms with Crippen LogP contribution in [0.5, 0.6) is 0 Å². The predicted molar refractivity (Wildman–Crippen MR) is 52.2 cm³/mol. The highest BCUT2D eigenvalue weighted by molar-refractivity contribution is 5.24. The van der Waals surface area contributed by atoms with Crippen molar-refractivity contribution in [3.05, 3.63) is 35.4 Å². The first kappa shape index (κ1) is 12.1. The van der Waals surface area contributed by atoms with Crippen LogP contribution >= 0.6 is 0 Å². The third-order valence-electron chi connectivity index (χ3n) is 2.33. The molecule has 0 amide bonds. The Kier molecular flexibility index (Phi) is 3.77. The summed E-state index contributed by atoms with van der Waals surface area (Å²) in [4.78, 5) is 0. The van der Waals surface area contributed by atoms with Crippen LogP contribution in [0.2, 0.25) is 0 Å². The van der Waals surface area contributed by atoms with E-state index in [0.717, 1.165) is 18.2 Å². The van der Waals surface area contributed by atoms with Gasteiger partial charge in [-0.25, -0.2) is 8.78 Å². The summed E-state index contributed by atoms with van der Waals surface area (Å²) in [6, 6.07) is 2.96. The summed E-state index contributed by atoms with van der Waals surface area (Å²) in [6.45, 7) is 1.31. The van der Waals surface area contributed by atoms with Crippen LogP contribution < -0.4 is 0 Å². The van der Waals surface area contributed by atoms with Crippen molar-refractivity contribution in [2.24, 2.45) is 0 Å². The Bertz CT molecular complexity index is 337. The van der Waals surface area contributed by atoms with Crippen molar-refractivity contribution >= 4 is 0 Å². The van der Waals surface area contributed by atoms with Crippen molar-refractivity contribution in [2.75, 3.05) is 6.61 Å². The molecule has 0 spiro atoms. The molecule has 0 aliphatic heterocycles. The van der Waals surface area contributed by atoms with E-state index in [1.807, 2.05) is 0 Å². The minimum atomic E-state index is -1.45. The fraction of sp³-hybridized carbons (Fsp3) is 0.455. The van der Waals surface area contributed by atoms with Crippen molar-refractivity contribution < 1.29 is 19.0 Å². The van der Waals surface area contributed by atoms with Crippen LogP contribution in [0.4, 0.5) is 8.78 Å². The summed E-state index contributed by atoms with van der Waals surface area (Å²) in [7, 11) is 0. The smallest absolute Gasteiger partial charge is 0.129 e. The predicted octanol–water partition coefficient (Wildman–Crippen LogP) is 1.94. The van der Waals surface area contributed by atoms with Gasteiger partial charge in [0.15, 0.2) is 0 Å². The monoisotopic (exact) mass is 216 g/mol. The van der Waals surface area contributed by atoms with Gasteiger partial charge < -0.3 is 10.2 Å². The van der Waals surface area contributed by atoms with Gasteiger partial charge in [-0.05, 0) is 38.0 Å². The molecule has 0 aliphatic carbocycles. The van der Waals surface area contributed by atoms with Crippen LogP contribution in [-0.2, 0) is 5.60 Å². The van der Waals surface area contributed by atoms with Gasteiger partial charge >= 0.3 is 0 Å². The van der Waals surface area contributed by atoms with Gasteiger partial charge in [0.25, 0.3) is 0 Å². The molecule has 0 fully saturated rings. The molecule has 2 N–H and O–H groups in total. The number of benzene rings is 1. The molecule has 1 unspecified atom stereocenters. The Balaban J connectivity index is 2.97. The summed E-state index contributed by atoms with van der Waals surface area (Å²) in [5, 5.41) is 18.5. The topological polar surface area (TPSA) is 40.5 Å². The highest BCUT2D eigenvalue weighted by Gasteiger charge is 2.26. The van der Waals surface area contributed by atoms with Crippen molar-refractivity contribution in [1.82, 2.24) is 0 Å². The maximum absolute atomic E-state index is 13.3. The SMILES string of the molecule is CC(O)(CCCO)c1cc(F)ccc1F. The van der Waals surface area contributed by atoms with Crippen molar-refractivity contribution in [2.45, 2.75) is 25.4 Å². The zero-order chi connectivity index (χ0) is 11.5. The number of hydrogen-bond acceptors (Lipinski definition) is 2. The Morgan fingerprint density at radius 3 is 2.60 bits per heavy atom. The molecule has 1 atom stereocenters. The summed E-state index contributed by atoms with van der Waals surface area (Å²) < 4.78 is 26.2. The van der Waals surface area contributed by atoms with Crippen molar-refractivity contribution in [1.29, 1.82) is 0 Å². The van der Waals surface area contributed by atoms with Crippen LogP contribution in [0.25, 0.3) is 0 Å². The fourth-order valence-electron chi connectivity index (χ4n) is 1.47. The van der Waals surface area contributed by atoms with Gasteiger partial charge in [0, 0.05) is 12.2 Å². The molecule has 1 aromatic carbocycles. The molecule has 1 rings (SSSR count). The highest BCUT2D eigenvalue weighted by Crippen LogP contribution is 2.28. The van der Waals surface area contributed by atoms with E-state index in [4.69, 9.17) is 5.11 Å². The van der Waals surface area contributed by atoms with Crippen LogP contribution in [0, 0.1) is 11.6 Å². The zero-order valence-corrected chi connectivity index (χ0v) is 8.50.